The molecule has 0 amide bonds. The van der Waals surface area contributed by atoms with Crippen LogP contribution in [0.4, 0.5) is 0 Å². The van der Waals surface area contributed by atoms with Crippen LogP contribution < -0.4 is 4.74 Å². The second kappa shape index (κ2) is 7.57. The molecule has 0 saturated carbocycles. The normalized spacial score (nSPS) is 21.1. The van der Waals surface area contributed by atoms with Gasteiger partial charge in [-0.3, -0.25) is 0 Å². The highest BCUT2D eigenvalue weighted by Crippen LogP contribution is 2.48. The minimum absolute atomic E-state index is 0.00349. The number of benzene rings is 2. The van der Waals surface area contributed by atoms with E-state index in [0.717, 1.165) is 6.08 Å². The Hall–Kier alpha value is -3.78. The molecule has 4 rings (SSSR count). The fourth-order valence-corrected chi connectivity index (χ4v) is 3.60. The van der Waals surface area contributed by atoms with Crippen LogP contribution in [-0.2, 0) is 24.8 Å². The van der Waals surface area contributed by atoms with Gasteiger partial charge in [-0.2, -0.15) is 0 Å². The number of aliphatic hydroxyl groups is 1. The fraction of sp³-hybridized carbons (Fsp3) is 0.182. The topological polar surface area (TPSA) is 112 Å². The zero-order chi connectivity index (χ0) is 21.3. The van der Waals surface area contributed by atoms with E-state index in [1.807, 2.05) is 0 Å². The molecular weight excluding hydrogens is 392 g/mol. The number of cyclic esters (lactones) is 1. The van der Waals surface area contributed by atoms with Crippen LogP contribution in [0.15, 0.2) is 72.2 Å². The highest BCUT2D eigenvalue weighted by atomic mass is 16.7. The molecule has 2 atom stereocenters. The summed E-state index contributed by atoms with van der Waals surface area (Å²) in [6.45, 7) is -0.0654. The van der Waals surface area contributed by atoms with Crippen LogP contribution in [0.3, 0.4) is 0 Å². The number of allylic oxidation sites excluding steroid dienone is 1. The summed E-state index contributed by atoms with van der Waals surface area (Å²) in [7, 11) is 1.51. The van der Waals surface area contributed by atoms with Gasteiger partial charge in [-0.25, -0.2) is 9.59 Å². The summed E-state index contributed by atoms with van der Waals surface area (Å²) in [5.74, 6) is -4.18. The van der Waals surface area contributed by atoms with Crippen molar-refractivity contribution in [2.75, 3.05) is 13.9 Å². The Morgan fingerprint density at radius 3 is 2.53 bits per heavy atom. The van der Waals surface area contributed by atoms with Crippen molar-refractivity contribution in [2.24, 2.45) is 0 Å². The van der Waals surface area contributed by atoms with E-state index in [1.165, 1.54) is 19.4 Å². The summed E-state index contributed by atoms with van der Waals surface area (Å²) in [6.07, 6.45) is 2.48. The first-order valence-electron chi connectivity index (χ1n) is 9.02. The zero-order valence-electron chi connectivity index (χ0n) is 15.9. The Morgan fingerprint density at radius 2 is 1.90 bits per heavy atom. The van der Waals surface area contributed by atoms with Gasteiger partial charge < -0.3 is 29.2 Å². The quantitative estimate of drug-likeness (QED) is 0.699. The van der Waals surface area contributed by atoms with Crippen LogP contribution in [0.1, 0.15) is 27.4 Å². The molecule has 154 valence electrons. The molecule has 0 saturated heterocycles. The Kier molecular flexibility index (Phi) is 4.93. The van der Waals surface area contributed by atoms with Gasteiger partial charge in [-0.05, 0) is 35.9 Å². The van der Waals surface area contributed by atoms with Crippen LogP contribution in [0.25, 0.3) is 0 Å². The number of carbonyl (C=O) groups excluding carboxylic acids is 1. The van der Waals surface area contributed by atoms with E-state index < -0.39 is 23.6 Å². The lowest BCUT2D eigenvalue weighted by molar-refractivity contribution is -0.186. The van der Waals surface area contributed by atoms with Gasteiger partial charge in [0.1, 0.15) is 17.8 Å². The molecule has 2 N–H and O–H groups in total. The summed E-state index contributed by atoms with van der Waals surface area (Å²) < 4.78 is 21.1. The second-order valence-electron chi connectivity index (χ2n) is 6.67. The average molecular weight is 410 g/mol. The Balaban J connectivity index is 1.88. The van der Waals surface area contributed by atoms with Crippen molar-refractivity contribution in [3.63, 3.8) is 0 Å². The zero-order valence-corrected chi connectivity index (χ0v) is 15.9. The number of rotatable bonds is 6. The molecule has 8 heteroatoms. The van der Waals surface area contributed by atoms with E-state index in [0.29, 0.717) is 11.3 Å². The predicted octanol–water partition coefficient (Wildman–Crippen LogP) is 2.65. The number of esters is 1. The largest absolute Gasteiger partial charge is 0.497 e. The highest BCUT2D eigenvalue weighted by Gasteiger charge is 2.49. The lowest BCUT2D eigenvalue weighted by Crippen LogP contribution is -2.32. The van der Waals surface area contributed by atoms with Crippen LogP contribution in [0.2, 0.25) is 0 Å². The van der Waals surface area contributed by atoms with Crippen LogP contribution in [0, 0.1) is 0 Å². The molecule has 0 fully saturated rings. The third-order valence-corrected chi connectivity index (χ3v) is 4.99. The highest BCUT2D eigenvalue weighted by molar-refractivity contribution is 5.91. The number of hydrogen-bond acceptors (Lipinski definition) is 7. The summed E-state index contributed by atoms with van der Waals surface area (Å²) in [6, 6.07) is 12.6. The predicted molar refractivity (Wildman–Crippen MR) is 102 cm³/mol. The third-order valence-electron chi connectivity index (χ3n) is 4.99. The van der Waals surface area contributed by atoms with Crippen molar-refractivity contribution in [1.82, 2.24) is 0 Å². The molecule has 2 unspecified atom stereocenters. The van der Waals surface area contributed by atoms with Gasteiger partial charge in [0, 0.05) is 17.2 Å². The molecule has 2 aliphatic heterocycles. The average Bonchev–Trinajstić information content (AvgIpc) is 3.37. The van der Waals surface area contributed by atoms with E-state index in [1.54, 1.807) is 42.5 Å². The van der Waals surface area contributed by atoms with E-state index in [9.17, 15) is 19.8 Å². The smallest absolute Gasteiger partial charge is 0.335 e. The molecule has 8 nitrogen and oxygen atoms in total. The lowest BCUT2D eigenvalue weighted by atomic mass is 9.81. The van der Waals surface area contributed by atoms with E-state index in [-0.39, 0.29) is 29.3 Å². The van der Waals surface area contributed by atoms with Gasteiger partial charge in [0.2, 0.25) is 6.79 Å². The van der Waals surface area contributed by atoms with Crippen molar-refractivity contribution in [3.8, 4) is 5.75 Å². The number of carboxylic acids is 1. The molecule has 30 heavy (non-hydrogen) atoms. The molecule has 0 aliphatic carbocycles. The molecule has 2 heterocycles. The molecule has 0 bridgehead atoms. The monoisotopic (exact) mass is 410 g/mol. The maximum absolute atomic E-state index is 12.2. The molecule has 0 radical (unpaired) electrons. The van der Waals surface area contributed by atoms with Crippen molar-refractivity contribution in [1.29, 1.82) is 0 Å². The van der Waals surface area contributed by atoms with Gasteiger partial charge >= 0.3 is 11.9 Å². The number of hydrogen-bond donors (Lipinski definition) is 2. The van der Waals surface area contributed by atoms with E-state index in [4.69, 9.17) is 18.9 Å². The van der Waals surface area contributed by atoms with Gasteiger partial charge in [0.15, 0.2) is 0 Å². The van der Waals surface area contributed by atoms with Gasteiger partial charge in [0.05, 0.1) is 18.6 Å². The van der Waals surface area contributed by atoms with E-state index in [2.05, 4.69) is 0 Å². The van der Waals surface area contributed by atoms with Crippen LogP contribution >= 0.6 is 0 Å². The van der Waals surface area contributed by atoms with Crippen molar-refractivity contribution < 1.29 is 38.7 Å². The lowest BCUT2D eigenvalue weighted by Gasteiger charge is -2.31. The summed E-state index contributed by atoms with van der Waals surface area (Å²) in [4.78, 5) is 24.1. The molecular formula is C22H18O8. The van der Waals surface area contributed by atoms with Crippen LogP contribution in [0.5, 0.6) is 5.75 Å². The molecule has 0 aromatic heterocycles. The summed E-state index contributed by atoms with van der Waals surface area (Å²) in [5.41, 5.74) is 0.704. The standard InChI is InChI=1S/C22H18O8/c1-27-14-8-6-13(7-9-14)22(26)17(10-19(23)30-22)20(18-11-28-12-29-18)15-4-2-3-5-16(15)21(24)25/h2-11,20,26H,12H2,1H3,(H,24,25). The van der Waals surface area contributed by atoms with Crippen LogP contribution in [-0.4, -0.2) is 36.1 Å². The second-order valence-corrected chi connectivity index (χ2v) is 6.67. The van der Waals surface area contributed by atoms with Gasteiger partial charge in [-0.15, -0.1) is 0 Å². The Morgan fingerprint density at radius 1 is 1.17 bits per heavy atom. The number of carbonyl (C=O) groups is 2. The molecule has 0 spiro atoms. The van der Waals surface area contributed by atoms with Crippen molar-refractivity contribution in [2.45, 2.75) is 11.7 Å². The maximum atomic E-state index is 12.2. The van der Waals surface area contributed by atoms with Crippen molar-refractivity contribution >= 4 is 11.9 Å². The SMILES string of the molecule is COc1ccc(C2(O)OC(=O)C=C2C(C2=COCO2)c2ccccc2C(=O)O)cc1. The number of aromatic carboxylic acids is 1. The Labute approximate surface area is 171 Å². The number of carboxylic acid groups (broad SMARTS) is 1. The first-order valence-corrected chi connectivity index (χ1v) is 9.02. The Bertz CT molecular complexity index is 1050. The molecule has 2 aliphatic rings. The third kappa shape index (κ3) is 3.27. The molecule has 2 aromatic rings. The van der Waals surface area contributed by atoms with Gasteiger partial charge in [-0.1, -0.05) is 18.2 Å². The van der Waals surface area contributed by atoms with Crippen molar-refractivity contribution in [3.05, 3.63) is 88.9 Å². The number of methoxy groups -OCH3 is 1. The fourth-order valence-electron chi connectivity index (χ4n) is 3.60. The maximum Gasteiger partial charge on any atom is 0.335 e. The first kappa shape index (κ1) is 19.5. The molecule has 2 aromatic carbocycles. The minimum Gasteiger partial charge on any atom is -0.497 e. The van der Waals surface area contributed by atoms with Gasteiger partial charge in [0.25, 0.3) is 5.79 Å². The summed E-state index contributed by atoms with van der Waals surface area (Å²) >= 11 is 0. The summed E-state index contributed by atoms with van der Waals surface area (Å²) in [5, 5.41) is 21.1. The van der Waals surface area contributed by atoms with E-state index >= 15 is 0 Å². The number of ether oxygens (including phenoxy) is 4. The first-order chi connectivity index (χ1) is 14.4. The minimum atomic E-state index is -2.13.